The Balaban J connectivity index is 1.08. The number of benzene rings is 7. The number of hydrogen-bond donors (Lipinski definition) is 0. The van der Waals surface area contributed by atoms with Crippen LogP contribution in [0.4, 0.5) is 17.1 Å². The van der Waals surface area contributed by atoms with E-state index in [1.165, 1.54) is 0 Å². The van der Waals surface area contributed by atoms with Crippen LogP contribution >= 0.6 is 0 Å². The third-order valence-electron chi connectivity index (χ3n) is 9.33. The van der Waals surface area contributed by atoms with Crippen molar-refractivity contribution in [2.75, 3.05) is 4.90 Å². The van der Waals surface area contributed by atoms with E-state index in [0.717, 1.165) is 78.3 Å². The molecule has 6 nitrogen and oxygen atoms in total. The second kappa shape index (κ2) is 11.8. The Hall–Kier alpha value is -7.05. The molecule has 0 N–H and O–H groups in total. The van der Waals surface area contributed by atoms with Crippen LogP contribution < -0.4 is 9.64 Å². The van der Waals surface area contributed by atoms with Crippen LogP contribution in [0.25, 0.3) is 67.2 Å². The van der Waals surface area contributed by atoms with Crippen molar-refractivity contribution in [2.24, 2.45) is 0 Å². The van der Waals surface area contributed by atoms with Gasteiger partial charge in [-0.25, -0.2) is 15.0 Å². The Morgan fingerprint density at radius 3 is 1.39 bits per heavy atom. The van der Waals surface area contributed by atoms with Crippen LogP contribution in [0.15, 0.2) is 174 Å². The molecule has 0 bridgehead atoms. The van der Waals surface area contributed by atoms with E-state index in [1.54, 1.807) is 0 Å². The van der Waals surface area contributed by atoms with Crippen LogP contribution in [0.2, 0.25) is 0 Å². The van der Waals surface area contributed by atoms with E-state index in [-0.39, 0.29) is 0 Å². The minimum absolute atomic E-state index is 0.618. The van der Waals surface area contributed by atoms with Gasteiger partial charge in [0.25, 0.3) is 0 Å². The Morgan fingerprint density at radius 2 is 0.804 bits per heavy atom. The molecule has 6 heteroatoms. The standard InChI is InChI=1S/C45H28N4O2/c1-3-13-30(14-4-1)43-46-44(31-15-5-2-6-16-31)48-45(47-43)32-27-25-29(26-28-32)33-17-11-18-34-35-19-12-22-38(42(35)51-41(33)34)49-36-20-7-9-23-39(36)50-40-24-10-8-21-37(40)49/h1-28H. The summed E-state index contributed by atoms with van der Waals surface area (Å²) in [6.45, 7) is 0. The number of ether oxygens (including phenoxy) is 1. The van der Waals surface area contributed by atoms with Crippen molar-refractivity contribution in [1.82, 2.24) is 15.0 Å². The van der Waals surface area contributed by atoms with Crippen molar-refractivity contribution >= 4 is 39.0 Å². The fourth-order valence-electron chi connectivity index (χ4n) is 6.91. The molecule has 1 aliphatic heterocycles. The summed E-state index contributed by atoms with van der Waals surface area (Å²) in [6.07, 6.45) is 0. The molecule has 1 aliphatic rings. The molecule has 10 rings (SSSR count). The van der Waals surface area contributed by atoms with Crippen molar-refractivity contribution in [3.05, 3.63) is 170 Å². The van der Waals surface area contributed by atoms with Crippen LogP contribution in [0.5, 0.6) is 11.5 Å². The van der Waals surface area contributed by atoms with Crippen LogP contribution in [0.1, 0.15) is 0 Å². The highest BCUT2D eigenvalue weighted by Gasteiger charge is 2.28. The normalized spacial score (nSPS) is 12.0. The molecule has 0 spiro atoms. The lowest BCUT2D eigenvalue weighted by Crippen LogP contribution is -2.15. The zero-order valence-electron chi connectivity index (χ0n) is 27.3. The fraction of sp³-hybridized carbons (Fsp3) is 0. The molecule has 0 unspecified atom stereocenters. The van der Waals surface area contributed by atoms with Gasteiger partial charge in [-0.15, -0.1) is 0 Å². The van der Waals surface area contributed by atoms with E-state index in [1.807, 2.05) is 97.1 Å². The fourth-order valence-corrected chi connectivity index (χ4v) is 6.91. The van der Waals surface area contributed by atoms with Gasteiger partial charge in [-0.05, 0) is 35.9 Å². The third kappa shape index (κ3) is 4.92. The SMILES string of the molecule is c1ccc(-c2nc(-c3ccccc3)nc(-c3ccc(-c4cccc5c4oc4c(N6c7ccccc7Oc7ccccc76)cccc45)cc3)n2)cc1. The minimum atomic E-state index is 0.618. The van der Waals surface area contributed by atoms with Crippen molar-refractivity contribution in [3.8, 4) is 56.8 Å². The molecule has 0 aliphatic carbocycles. The first-order valence-corrected chi connectivity index (χ1v) is 16.9. The molecule has 7 aromatic carbocycles. The quantitative estimate of drug-likeness (QED) is 0.184. The Bertz CT molecular complexity index is 2620. The van der Waals surface area contributed by atoms with Crippen molar-refractivity contribution in [2.45, 2.75) is 0 Å². The van der Waals surface area contributed by atoms with E-state index < -0.39 is 0 Å². The molecule has 51 heavy (non-hydrogen) atoms. The zero-order chi connectivity index (χ0) is 33.7. The smallest absolute Gasteiger partial charge is 0.164 e. The first-order valence-electron chi connectivity index (χ1n) is 16.9. The largest absolute Gasteiger partial charge is 0.453 e. The Kier molecular flexibility index (Phi) is 6.70. The monoisotopic (exact) mass is 656 g/mol. The van der Waals surface area contributed by atoms with E-state index in [4.69, 9.17) is 24.1 Å². The summed E-state index contributed by atoms with van der Waals surface area (Å²) in [5, 5.41) is 2.11. The maximum absolute atomic E-state index is 6.88. The van der Waals surface area contributed by atoms with Gasteiger partial charge >= 0.3 is 0 Å². The summed E-state index contributed by atoms with van der Waals surface area (Å²) in [4.78, 5) is 16.9. The summed E-state index contributed by atoms with van der Waals surface area (Å²) in [5.41, 5.74) is 9.35. The number of hydrogen-bond acceptors (Lipinski definition) is 6. The van der Waals surface area contributed by atoms with Crippen molar-refractivity contribution < 1.29 is 9.15 Å². The van der Waals surface area contributed by atoms with Crippen LogP contribution in [-0.2, 0) is 0 Å². The third-order valence-corrected chi connectivity index (χ3v) is 9.33. The molecule has 0 amide bonds. The molecule has 0 atom stereocenters. The lowest BCUT2D eigenvalue weighted by Gasteiger charge is -2.32. The average molecular weight is 657 g/mol. The summed E-state index contributed by atoms with van der Waals surface area (Å²) in [7, 11) is 0. The average Bonchev–Trinajstić information content (AvgIpc) is 3.60. The van der Waals surface area contributed by atoms with Gasteiger partial charge in [0.05, 0.1) is 17.1 Å². The predicted octanol–water partition coefficient (Wildman–Crippen LogP) is 12.0. The molecule has 0 saturated carbocycles. The minimum Gasteiger partial charge on any atom is -0.453 e. The molecule has 0 fully saturated rings. The summed E-state index contributed by atoms with van der Waals surface area (Å²) in [6, 6.07) is 57.3. The number of fused-ring (bicyclic) bond motifs is 5. The topological polar surface area (TPSA) is 64.3 Å². The van der Waals surface area contributed by atoms with Gasteiger partial charge in [-0.1, -0.05) is 140 Å². The Morgan fingerprint density at radius 1 is 0.353 bits per heavy atom. The van der Waals surface area contributed by atoms with Crippen LogP contribution in [-0.4, -0.2) is 15.0 Å². The summed E-state index contributed by atoms with van der Waals surface area (Å²) < 4.78 is 13.2. The summed E-state index contributed by atoms with van der Waals surface area (Å²) in [5.74, 6) is 3.49. The molecule has 0 radical (unpaired) electrons. The summed E-state index contributed by atoms with van der Waals surface area (Å²) >= 11 is 0. The van der Waals surface area contributed by atoms with E-state index >= 15 is 0 Å². The highest BCUT2D eigenvalue weighted by molar-refractivity contribution is 6.14. The maximum atomic E-state index is 6.88. The van der Waals surface area contributed by atoms with Gasteiger partial charge < -0.3 is 9.15 Å². The Labute approximate surface area is 293 Å². The number of para-hydroxylation sites is 6. The van der Waals surface area contributed by atoms with Crippen molar-refractivity contribution in [1.29, 1.82) is 0 Å². The van der Waals surface area contributed by atoms with Gasteiger partial charge in [0.15, 0.2) is 34.6 Å². The molecule has 2 aromatic heterocycles. The van der Waals surface area contributed by atoms with Crippen molar-refractivity contribution in [3.63, 3.8) is 0 Å². The van der Waals surface area contributed by atoms with Gasteiger partial charge in [-0.3, -0.25) is 4.90 Å². The highest BCUT2D eigenvalue weighted by Crippen LogP contribution is 2.52. The van der Waals surface area contributed by atoms with Gasteiger partial charge in [0.1, 0.15) is 5.58 Å². The molecule has 0 saturated heterocycles. The number of aromatic nitrogens is 3. The molecule has 240 valence electrons. The second-order valence-corrected chi connectivity index (χ2v) is 12.4. The van der Waals surface area contributed by atoms with E-state index in [9.17, 15) is 0 Å². The predicted molar refractivity (Wildman–Crippen MR) is 204 cm³/mol. The zero-order valence-corrected chi connectivity index (χ0v) is 27.3. The first-order chi connectivity index (χ1) is 25.3. The van der Waals surface area contributed by atoms with E-state index in [0.29, 0.717) is 17.5 Å². The number of furan rings is 1. The van der Waals surface area contributed by atoms with Crippen LogP contribution in [0, 0.1) is 0 Å². The molecular weight excluding hydrogens is 629 g/mol. The molecule has 9 aromatic rings. The molecule has 3 heterocycles. The second-order valence-electron chi connectivity index (χ2n) is 12.4. The first kappa shape index (κ1) is 28.9. The van der Waals surface area contributed by atoms with Gasteiger partial charge in [-0.2, -0.15) is 0 Å². The van der Waals surface area contributed by atoms with Crippen LogP contribution in [0.3, 0.4) is 0 Å². The maximum Gasteiger partial charge on any atom is 0.164 e. The number of rotatable bonds is 5. The van der Waals surface area contributed by atoms with Gasteiger partial charge in [0.2, 0.25) is 0 Å². The lowest BCUT2D eigenvalue weighted by molar-refractivity contribution is 0.477. The number of anilines is 3. The van der Waals surface area contributed by atoms with Gasteiger partial charge in [0, 0.05) is 33.0 Å². The van der Waals surface area contributed by atoms with E-state index in [2.05, 4.69) is 77.7 Å². The number of nitrogens with zero attached hydrogens (tertiary/aromatic N) is 4. The lowest BCUT2D eigenvalue weighted by atomic mass is 10.0. The molecular formula is C45H28N4O2. The highest BCUT2D eigenvalue weighted by atomic mass is 16.5.